The molecule has 29 heavy (non-hydrogen) atoms. The van der Waals surface area contributed by atoms with Gasteiger partial charge in [-0.05, 0) is 62.2 Å². The van der Waals surface area contributed by atoms with Gasteiger partial charge in [0.1, 0.15) is 17.2 Å². The van der Waals surface area contributed by atoms with Crippen molar-refractivity contribution in [1.82, 2.24) is 4.98 Å². The van der Waals surface area contributed by atoms with Gasteiger partial charge in [-0.25, -0.2) is 4.98 Å². The average molecular weight is 384 g/mol. The van der Waals surface area contributed by atoms with E-state index in [-0.39, 0.29) is 11.3 Å². The predicted octanol–water partition coefficient (Wildman–Crippen LogP) is 5.03. The first kappa shape index (κ1) is 18.6. The lowest BCUT2D eigenvalue weighted by atomic mass is 10.1. The summed E-state index contributed by atoms with van der Waals surface area (Å²) in [7, 11) is 0. The Kier molecular flexibility index (Phi) is 4.72. The zero-order valence-electron chi connectivity index (χ0n) is 16.4. The van der Waals surface area contributed by atoms with E-state index in [9.17, 15) is 9.59 Å². The Balaban J connectivity index is 1.64. The Morgan fingerprint density at radius 2 is 1.72 bits per heavy atom. The minimum atomic E-state index is -0.249. The molecule has 0 unspecified atom stereocenters. The number of carbonyl (C=O) groups excluding carboxylic acids is 1. The number of hydrogen-bond donors (Lipinski definition) is 1. The summed E-state index contributed by atoms with van der Waals surface area (Å²) in [4.78, 5) is 29.3. The van der Waals surface area contributed by atoms with E-state index >= 15 is 0 Å². The van der Waals surface area contributed by atoms with E-state index in [1.807, 2.05) is 45.0 Å². The fourth-order valence-electron chi connectivity index (χ4n) is 3.34. The summed E-state index contributed by atoms with van der Waals surface area (Å²) in [5, 5.41) is 3.36. The maximum Gasteiger partial charge on any atom is 0.256 e. The molecule has 4 aromatic rings. The highest BCUT2D eigenvalue weighted by Gasteiger charge is 2.11. The number of amides is 1. The predicted molar refractivity (Wildman–Crippen MR) is 114 cm³/mol. The quantitative estimate of drug-likeness (QED) is 0.537. The molecule has 2 aromatic carbocycles. The first-order valence-corrected chi connectivity index (χ1v) is 9.31. The number of anilines is 1. The van der Waals surface area contributed by atoms with Crippen LogP contribution in [0.1, 0.15) is 27.2 Å². The van der Waals surface area contributed by atoms with Gasteiger partial charge >= 0.3 is 0 Å². The molecular formula is C24H20N2O3. The van der Waals surface area contributed by atoms with Gasteiger partial charge in [-0.1, -0.05) is 24.3 Å². The molecule has 0 aliphatic carbocycles. The Bertz CT molecular complexity index is 1290. The average Bonchev–Trinajstić information content (AvgIpc) is 2.69. The van der Waals surface area contributed by atoms with Gasteiger partial charge in [0.25, 0.3) is 5.91 Å². The number of hydrogen-bond acceptors (Lipinski definition) is 4. The van der Waals surface area contributed by atoms with Gasteiger partial charge in [-0.15, -0.1) is 0 Å². The topological polar surface area (TPSA) is 72.2 Å². The molecule has 144 valence electrons. The fraction of sp³-hybridized carbons (Fsp3) is 0.125. The SMILES string of the molecule is Cc1cc(C)c2oc(-c3ccc(C(=O)Nc4cccc(C)n4)cc3)cc(=O)c2c1. The van der Waals surface area contributed by atoms with Gasteiger partial charge < -0.3 is 9.73 Å². The van der Waals surface area contributed by atoms with Gasteiger partial charge in [-0.2, -0.15) is 0 Å². The highest BCUT2D eigenvalue weighted by Crippen LogP contribution is 2.25. The van der Waals surface area contributed by atoms with Crippen LogP contribution in [-0.2, 0) is 0 Å². The third-order valence-corrected chi connectivity index (χ3v) is 4.72. The molecule has 4 rings (SSSR count). The molecular weight excluding hydrogens is 364 g/mol. The summed E-state index contributed by atoms with van der Waals surface area (Å²) in [5.74, 6) is 0.730. The van der Waals surface area contributed by atoms with E-state index in [4.69, 9.17) is 4.42 Å². The van der Waals surface area contributed by atoms with Gasteiger partial charge in [0.2, 0.25) is 0 Å². The number of nitrogens with one attached hydrogen (secondary N) is 1. The van der Waals surface area contributed by atoms with Crippen LogP contribution >= 0.6 is 0 Å². The van der Waals surface area contributed by atoms with Crippen LogP contribution in [0.3, 0.4) is 0 Å². The monoisotopic (exact) mass is 384 g/mol. The second-order valence-electron chi connectivity index (χ2n) is 7.13. The lowest BCUT2D eigenvalue weighted by Gasteiger charge is -2.08. The molecule has 0 bridgehead atoms. The van der Waals surface area contributed by atoms with E-state index in [0.717, 1.165) is 22.4 Å². The summed E-state index contributed by atoms with van der Waals surface area (Å²) >= 11 is 0. The molecule has 5 nitrogen and oxygen atoms in total. The van der Waals surface area contributed by atoms with E-state index in [1.165, 1.54) is 6.07 Å². The minimum Gasteiger partial charge on any atom is -0.456 e. The molecule has 1 N–H and O–H groups in total. The highest BCUT2D eigenvalue weighted by atomic mass is 16.3. The van der Waals surface area contributed by atoms with E-state index < -0.39 is 0 Å². The molecule has 1 amide bonds. The van der Waals surface area contributed by atoms with Crippen LogP contribution in [0.5, 0.6) is 0 Å². The van der Waals surface area contributed by atoms with Crippen LogP contribution in [0.4, 0.5) is 5.82 Å². The molecule has 0 spiro atoms. The van der Waals surface area contributed by atoms with Crippen molar-refractivity contribution in [3.8, 4) is 11.3 Å². The molecule has 0 aliphatic heterocycles. The largest absolute Gasteiger partial charge is 0.456 e. The summed E-state index contributed by atoms with van der Waals surface area (Å²) < 4.78 is 6.01. The van der Waals surface area contributed by atoms with Gasteiger partial charge in [-0.3, -0.25) is 9.59 Å². The third kappa shape index (κ3) is 3.80. The number of carbonyl (C=O) groups is 1. The van der Waals surface area contributed by atoms with Crippen molar-refractivity contribution in [3.05, 3.63) is 93.3 Å². The van der Waals surface area contributed by atoms with Crippen molar-refractivity contribution in [3.63, 3.8) is 0 Å². The highest BCUT2D eigenvalue weighted by molar-refractivity contribution is 6.04. The van der Waals surface area contributed by atoms with Crippen molar-refractivity contribution in [1.29, 1.82) is 0 Å². The van der Waals surface area contributed by atoms with Crippen LogP contribution in [-0.4, -0.2) is 10.9 Å². The van der Waals surface area contributed by atoms with Gasteiger partial charge in [0.15, 0.2) is 5.43 Å². The lowest BCUT2D eigenvalue weighted by molar-refractivity contribution is 0.102. The number of nitrogens with zero attached hydrogens (tertiary/aromatic N) is 1. The summed E-state index contributed by atoms with van der Waals surface area (Å²) in [5.41, 5.74) is 4.50. The number of rotatable bonds is 3. The van der Waals surface area contributed by atoms with Gasteiger partial charge in [0.05, 0.1) is 5.39 Å². The summed E-state index contributed by atoms with van der Waals surface area (Å²) in [6, 6.07) is 17.7. The lowest BCUT2D eigenvalue weighted by Crippen LogP contribution is -2.13. The number of pyridine rings is 1. The molecule has 0 fully saturated rings. The smallest absolute Gasteiger partial charge is 0.256 e. The Morgan fingerprint density at radius 3 is 2.45 bits per heavy atom. The first-order chi connectivity index (χ1) is 13.9. The molecule has 0 saturated heterocycles. The van der Waals surface area contributed by atoms with Crippen LogP contribution < -0.4 is 10.7 Å². The van der Waals surface area contributed by atoms with E-state index in [2.05, 4.69) is 10.3 Å². The summed E-state index contributed by atoms with van der Waals surface area (Å²) in [6.45, 7) is 5.75. The number of benzene rings is 2. The molecule has 0 atom stereocenters. The van der Waals surface area contributed by atoms with Crippen LogP contribution in [0, 0.1) is 20.8 Å². The number of fused-ring (bicyclic) bond motifs is 1. The Morgan fingerprint density at radius 1 is 0.966 bits per heavy atom. The van der Waals surface area contributed by atoms with Crippen LogP contribution in [0.2, 0.25) is 0 Å². The number of aryl methyl sites for hydroxylation is 3. The van der Waals surface area contributed by atoms with Gasteiger partial charge in [0, 0.05) is 22.9 Å². The zero-order chi connectivity index (χ0) is 20.5. The fourth-order valence-corrected chi connectivity index (χ4v) is 3.34. The summed E-state index contributed by atoms with van der Waals surface area (Å²) in [6.07, 6.45) is 0. The Hall–Kier alpha value is -3.73. The molecule has 0 aliphatic rings. The third-order valence-electron chi connectivity index (χ3n) is 4.72. The molecule has 0 saturated carbocycles. The zero-order valence-corrected chi connectivity index (χ0v) is 16.4. The second kappa shape index (κ2) is 7.36. The minimum absolute atomic E-state index is 0.0830. The Labute approximate surface area is 168 Å². The van der Waals surface area contributed by atoms with E-state index in [0.29, 0.717) is 28.1 Å². The van der Waals surface area contributed by atoms with Crippen molar-refractivity contribution in [2.45, 2.75) is 20.8 Å². The molecule has 5 heteroatoms. The van der Waals surface area contributed by atoms with Crippen molar-refractivity contribution >= 4 is 22.7 Å². The van der Waals surface area contributed by atoms with Crippen LogP contribution in [0.25, 0.3) is 22.3 Å². The maximum atomic E-state index is 12.6. The van der Waals surface area contributed by atoms with Crippen LogP contribution in [0.15, 0.2) is 69.9 Å². The van der Waals surface area contributed by atoms with Crippen molar-refractivity contribution < 1.29 is 9.21 Å². The molecule has 2 aromatic heterocycles. The van der Waals surface area contributed by atoms with Crippen molar-refractivity contribution in [2.75, 3.05) is 5.32 Å². The molecule has 2 heterocycles. The maximum absolute atomic E-state index is 12.6. The number of aromatic nitrogens is 1. The normalized spacial score (nSPS) is 10.9. The van der Waals surface area contributed by atoms with E-state index in [1.54, 1.807) is 30.3 Å². The standard InChI is InChI=1S/C24H20N2O3/c1-14-11-15(2)23-19(12-14)20(27)13-21(29-23)17-7-9-18(10-8-17)24(28)26-22-6-4-5-16(3)25-22/h4-13H,1-3H3,(H,25,26,28). The first-order valence-electron chi connectivity index (χ1n) is 9.31. The molecule has 0 radical (unpaired) electrons. The van der Waals surface area contributed by atoms with Crippen molar-refractivity contribution in [2.24, 2.45) is 0 Å². The second-order valence-corrected chi connectivity index (χ2v) is 7.13.